The summed E-state index contributed by atoms with van der Waals surface area (Å²) in [6.45, 7) is 8.89. The van der Waals surface area contributed by atoms with Gasteiger partial charge >= 0.3 is 0 Å². The molecule has 0 fully saturated rings. The van der Waals surface area contributed by atoms with E-state index in [0.717, 1.165) is 5.69 Å². The highest BCUT2D eigenvalue weighted by Gasteiger charge is 2.16. The van der Waals surface area contributed by atoms with Crippen molar-refractivity contribution in [2.24, 2.45) is 0 Å². The quantitative estimate of drug-likeness (QED) is 0.861. The zero-order valence-electron chi connectivity index (χ0n) is 12.1. The number of benzene rings is 1. The molecular formula is C15H25NO2. The Bertz CT molecular complexity index is 396. The van der Waals surface area contributed by atoms with Crippen LogP contribution in [0.1, 0.15) is 31.9 Å². The van der Waals surface area contributed by atoms with E-state index in [9.17, 15) is 5.11 Å². The molecule has 0 saturated carbocycles. The predicted molar refractivity (Wildman–Crippen MR) is 76.2 cm³/mol. The maximum atomic E-state index is 9.47. The van der Waals surface area contributed by atoms with Crippen LogP contribution in [-0.2, 0) is 5.41 Å². The molecule has 18 heavy (non-hydrogen) atoms. The van der Waals surface area contributed by atoms with E-state index in [0.29, 0.717) is 6.54 Å². The normalized spacial score (nSPS) is 13.5. The molecule has 0 aliphatic carbocycles. The predicted octanol–water partition coefficient (Wildman–Crippen LogP) is 2.08. The fourth-order valence-electron chi connectivity index (χ4n) is 2.02. The van der Waals surface area contributed by atoms with E-state index in [4.69, 9.17) is 5.11 Å². The maximum Gasteiger partial charge on any atom is 0.0945 e. The summed E-state index contributed by atoms with van der Waals surface area (Å²) in [4.78, 5) is 1.97. The summed E-state index contributed by atoms with van der Waals surface area (Å²) in [5.74, 6) is 0. The summed E-state index contributed by atoms with van der Waals surface area (Å²) in [7, 11) is 1.93. The Morgan fingerprint density at radius 1 is 1.28 bits per heavy atom. The van der Waals surface area contributed by atoms with Gasteiger partial charge in [-0.2, -0.15) is 0 Å². The smallest absolute Gasteiger partial charge is 0.0945 e. The first-order valence-electron chi connectivity index (χ1n) is 6.37. The van der Waals surface area contributed by atoms with Crippen molar-refractivity contribution in [1.29, 1.82) is 0 Å². The molecule has 2 N–H and O–H groups in total. The van der Waals surface area contributed by atoms with E-state index < -0.39 is 6.10 Å². The maximum absolute atomic E-state index is 9.47. The zero-order valence-corrected chi connectivity index (χ0v) is 12.1. The van der Waals surface area contributed by atoms with Crippen LogP contribution in [0.2, 0.25) is 0 Å². The van der Waals surface area contributed by atoms with Gasteiger partial charge in [-0.25, -0.2) is 0 Å². The lowest BCUT2D eigenvalue weighted by molar-refractivity contribution is 0.101. The first kappa shape index (κ1) is 15.0. The molecule has 0 aromatic heterocycles. The summed E-state index contributed by atoms with van der Waals surface area (Å²) in [6, 6.07) is 6.40. The third-order valence-electron chi connectivity index (χ3n) is 3.17. The molecule has 1 rings (SSSR count). The second kappa shape index (κ2) is 5.72. The summed E-state index contributed by atoms with van der Waals surface area (Å²) >= 11 is 0. The molecule has 0 spiro atoms. The van der Waals surface area contributed by atoms with Gasteiger partial charge in [0, 0.05) is 19.3 Å². The number of hydrogen-bond donors (Lipinski definition) is 2. The lowest BCUT2D eigenvalue weighted by Gasteiger charge is -2.26. The number of hydrogen-bond acceptors (Lipinski definition) is 3. The molecule has 1 aromatic carbocycles. The summed E-state index contributed by atoms with van der Waals surface area (Å²) in [6.07, 6.45) is -0.698. The molecule has 0 amide bonds. The second-order valence-corrected chi connectivity index (χ2v) is 5.97. The van der Waals surface area contributed by atoms with E-state index >= 15 is 0 Å². The topological polar surface area (TPSA) is 43.7 Å². The third kappa shape index (κ3) is 3.72. The van der Waals surface area contributed by atoms with E-state index in [2.05, 4.69) is 45.9 Å². The van der Waals surface area contributed by atoms with Gasteiger partial charge in [0.25, 0.3) is 0 Å². The van der Waals surface area contributed by atoms with E-state index in [-0.39, 0.29) is 12.0 Å². The third-order valence-corrected chi connectivity index (χ3v) is 3.17. The fraction of sp³-hybridized carbons (Fsp3) is 0.600. The number of likely N-dealkylation sites (N-methyl/N-ethyl adjacent to an activating group) is 1. The minimum atomic E-state index is -0.698. The molecule has 0 saturated heterocycles. The molecule has 3 nitrogen and oxygen atoms in total. The van der Waals surface area contributed by atoms with Crippen LogP contribution in [0, 0.1) is 6.92 Å². The first-order valence-corrected chi connectivity index (χ1v) is 6.37. The largest absolute Gasteiger partial charge is 0.394 e. The van der Waals surface area contributed by atoms with Crippen molar-refractivity contribution in [3.8, 4) is 0 Å². The second-order valence-electron chi connectivity index (χ2n) is 5.97. The van der Waals surface area contributed by atoms with Gasteiger partial charge in [-0.05, 0) is 29.5 Å². The molecule has 0 radical (unpaired) electrons. The standard InChI is InChI=1S/C15H25NO2/c1-11-8-12(15(2,3)4)6-7-14(11)16(5)9-13(18)10-17/h6-8,13,17-18H,9-10H2,1-5H3. The molecule has 0 aliphatic rings. The van der Waals surface area contributed by atoms with Gasteiger partial charge in [0.05, 0.1) is 12.7 Å². The lowest BCUT2D eigenvalue weighted by atomic mass is 9.86. The van der Waals surface area contributed by atoms with Crippen LogP contribution in [-0.4, -0.2) is 36.5 Å². The summed E-state index contributed by atoms with van der Waals surface area (Å²) in [5.41, 5.74) is 3.73. The van der Waals surface area contributed by atoms with Gasteiger partial charge in [0.1, 0.15) is 0 Å². The monoisotopic (exact) mass is 251 g/mol. The number of aliphatic hydroxyl groups is 2. The van der Waals surface area contributed by atoms with Crippen LogP contribution in [0.25, 0.3) is 0 Å². The highest BCUT2D eigenvalue weighted by Crippen LogP contribution is 2.27. The molecule has 1 unspecified atom stereocenters. The minimum Gasteiger partial charge on any atom is -0.394 e. The molecule has 1 atom stereocenters. The Morgan fingerprint density at radius 3 is 2.33 bits per heavy atom. The number of aliphatic hydroxyl groups excluding tert-OH is 2. The van der Waals surface area contributed by atoms with Crippen molar-refractivity contribution in [2.75, 3.05) is 25.1 Å². The Labute approximate surface area is 110 Å². The van der Waals surface area contributed by atoms with Crippen LogP contribution in [0.15, 0.2) is 18.2 Å². The van der Waals surface area contributed by atoms with Gasteiger partial charge in [-0.1, -0.05) is 32.9 Å². The molecule has 3 heteroatoms. The molecule has 0 bridgehead atoms. The Balaban J connectivity index is 2.92. The van der Waals surface area contributed by atoms with Crippen LogP contribution in [0.3, 0.4) is 0 Å². The van der Waals surface area contributed by atoms with Gasteiger partial charge in [-0.3, -0.25) is 0 Å². The van der Waals surface area contributed by atoms with Crippen LogP contribution < -0.4 is 4.90 Å². The average Bonchev–Trinajstić information content (AvgIpc) is 2.27. The average molecular weight is 251 g/mol. The highest BCUT2D eigenvalue weighted by atomic mass is 16.3. The van der Waals surface area contributed by atoms with Crippen molar-refractivity contribution >= 4 is 5.69 Å². The van der Waals surface area contributed by atoms with E-state index in [1.54, 1.807) is 0 Å². The number of nitrogens with zero attached hydrogens (tertiary/aromatic N) is 1. The first-order chi connectivity index (χ1) is 8.25. The Kier molecular flexibility index (Phi) is 4.77. The van der Waals surface area contributed by atoms with E-state index in [1.165, 1.54) is 11.1 Å². The van der Waals surface area contributed by atoms with E-state index in [1.807, 2.05) is 11.9 Å². The van der Waals surface area contributed by atoms with Crippen molar-refractivity contribution < 1.29 is 10.2 Å². The number of aryl methyl sites for hydroxylation is 1. The lowest BCUT2D eigenvalue weighted by Crippen LogP contribution is -2.31. The van der Waals surface area contributed by atoms with Gasteiger partial charge < -0.3 is 15.1 Å². The Hall–Kier alpha value is -1.06. The summed E-state index contributed by atoms with van der Waals surface area (Å²) < 4.78 is 0. The van der Waals surface area contributed by atoms with Crippen molar-refractivity contribution in [3.05, 3.63) is 29.3 Å². The molecule has 0 heterocycles. The van der Waals surface area contributed by atoms with Crippen molar-refractivity contribution in [1.82, 2.24) is 0 Å². The SMILES string of the molecule is Cc1cc(C(C)(C)C)ccc1N(C)CC(O)CO. The number of anilines is 1. The van der Waals surface area contributed by atoms with Crippen molar-refractivity contribution in [3.63, 3.8) is 0 Å². The van der Waals surface area contributed by atoms with Gasteiger partial charge in [0.15, 0.2) is 0 Å². The minimum absolute atomic E-state index is 0.145. The van der Waals surface area contributed by atoms with Crippen LogP contribution in [0.5, 0.6) is 0 Å². The zero-order chi connectivity index (χ0) is 13.9. The number of rotatable bonds is 4. The fourth-order valence-corrected chi connectivity index (χ4v) is 2.02. The van der Waals surface area contributed by atoms with Crippen molar-refractivity contribution in [2.45, 2.75) is 39.2 Å². The molecule has 0 aliphatic heterocycles. The van der Waals surface area contributed by atoms with Crippen LogP contribution >= 0.6 is 0 Å². The summed E-state index contributed by atoms with van der Waals surface area (Å²) in [5, 5.41) is 18.3. The van der Waals surface area contributed by atoms with Gasteiger partial charge in [0.2, 0.25) is 0 Å². The van der Waals surface area contributed by atoms with Crippen LogP contribution in [0.4, 0.5) is 5.69 Å². The molecular weight excluding hydrogens is 226 g/mol. The molecule has 102 valence electrons. The molecule has 1 aromatic rings. The van der Waals surface area contributed by atoms with Gasteiger partial charge in [-0.15, -0.1) is 0 Å². The Morgan fingerprint density at radius 2 is 1.89 bits per heavy atom. The highest BCUT2D eigenvalue weighted by molar-refractivity contribution is 5.54.